The van der Waals surface area contributed by atoms with Crippen LogP contribution >= 0.6 is 11.6 Å². The molecular formula is C22H21ClN2O4. The van der Waals surface area contributed by atoms with Gasteiger partial charge in [0.2, 0.25) is 0 Å². The molecule has 2 aliphatic rings. The van der Waals surface area contributed by atoms with E-state index in [4.69, 9.17) is 16.3 Å². The Morgan fingerprint density at radius 2 is 1.97 bits per heavy atom. The molecular weight excluding hydrogens is 392 g/mol. The Kier molecular flexibility index (Phi) is 5.39. The SMILES string of the molecule is CN(Cc1cccc(Cl)c1)C(=O)c1ccc2c(c1)C(=O)N(C[C@H]1CCCO1)C2=O. The Morgan fingerprint density at radius 3 is 2.69 bits per heavy atom. The first-order valence-corrected chi connectivity index (χ1v) is 9.93. The van der Waals surface area contributed by atoms with Gasteiger partial charge in [-0.3, -0.25) is 19.3 Å². The number of ether oxygens (including phenoxy) is 1. The van der Waals surface area contributed by atoms with Crippen LogP contribution in [0.15, 0.2) is 42.5 Å². The van der Waals surface area contributed by atoms with Crippen molar-refractivity contribution in [1.82, 2.24) is 9.80 Å². The minimum Gasteiger partial charge on any atom is -0.376 e. The summed E-state index contributed by atoms with van der Waals surface area (Å²) in [6.45, 7) is 1.30. The van der Waals surface area contributed by atoms with Crippen LogP contribution in [0.3, 0.4) is 0 Å². The fraction of sp³-hybridized carbons (Fsp3) is 0.318. The van der Waals surface area contributed by atoms with Crippen molar-refractivity contribution in [3.8, 4) is 0 Å². The van der Waals surface area contributed by atoms with E-state index in [0.717, 1.165) is 18.4 Å². The number of carbonyl (C=O) groups excluding carboxylic acids is 3. The van der Waals surface area contributed by atoms with Gasteiger partial charge < -0.3 is 9.64 Å². The molecule has 0 saturated carbocycles. The number of amides is 3. The van der Waals surface area contributed by atoms with Crippen molar-refractivity contribution in [2.75, 3.05) is 20.2 Å². The number of benzene rings is 2. The van der Waals surface area contributed by atoms with Gasteiger partial charge in [0, 0.05) is 30.8 Å². The highest BCUT2D eigenvalue weighted by Crippen LogP contribution is 2.26. The Balaban J connectivity index is 1.51. The van der Waals surface area contributed by atoms with Gasteiger partial charge in [-0.2, -0.15) is 0 Å². The number of hydrogen-bond acceptors (Lipinski definition) is 4. The predicted octanol–water partition coefficient (Wildman–Crippen LogP) is 3.39. The fourth-order valence-corrected chi connectivity index (χ4v) is 4.00. The molecule has 0 aliphatic carbocycles. The van der Waals surface area contributed by atoms with Crippen LogP contribution in [0.4, 0.5) is 0 Å². The normalized spacial score (nSPS) is 18.3. The molecule has 0 bridgehead atoms. The van der Waals surface area contributed by atoms with Crippen molar-refractivity contribution < 1.29 is 19.1 Å². The van der Waals surface area contributed by atoms with Crippen molar-refractivity contribution >= 4 is 29.3 Å². The van der Waals surface area contributed by atoms with Gasteiger partial charge in [0.15, 0.2) is 0 Å². The first-order valence-electron chi connectivity index (χ1n) is 9.56. The van der Waals surface area contributed by atoms with Gasteiger partial charge in [-0.1, -0.05) is 23.7 Å². The maximum Gasteiger partial charge on any atom is 0.261 e. The lowest BCUT2D eigenvalue weighted by Gasteiger charge is -2.18. The smallest absolute Gasteiger partial charge is 0.261 e. The summed E-state index contributed by atoms with van der Waals surface area (Å²) >= 11 is 6.01. The van der Waals surface area contributed by atoms with E-state index in [2.05, 4.69) is 0 Å². The third-order valence-electron chi connectivity index (χ3n) is 5.28. The lowest BCUT2D eigenvalue weighted by atomic mass is 10.0. The molecule has 0 aromatic heterocycles. The van der Waals surface area contributed by atoms with E-state index in [0.29, 0.717) is 29.3 Å². The number of carbonyl (C=O) groups is 3. The molecule has 0 unspecified atom stereocenters. The molecule has 2 aromatic rings. The van der Waals surface area contributed by atoms with E-state index in [-0.39, 0.29) is 35.9 Å². The number of fused-ring (bicyclic) bond motifs is 1. The summed E-state index contributed by atoms with van der Waals surface area (Å²) in [5.74, 6) is -0.926. The Bertz CT molecular complexity index is 985. The molecule has 0 spiro atoms. The average molecular weight is 413 g/mol. The highest BCUT2D eigenvalue weighted by molar-refractivity contribution is 6.30. The van der Waals surface area contributed by atoms with E-state index >= 15 is 0 Å². The van der Waals surface area contributed by atoms with Gasteiger partial charge >= 0.3 is 0 Å². The highest BCUT2D eigenvalue weighted by Gasteiger charge is 2.38. The van der Waals surface area contributed by atoms with Crippen LogP contribution < -0.4 is 0 Å². The van der Waals surface area contributed by atoms with E-state index in [1.54, 1.807) is 36.2 Å². The van der Waals surface area contributed by atoms with Crippen LogP contribution in [-0.4, -0.2) is 53.8 Å². The minimum atomic E-state index is -0.368. The summed E-state index contributed by atoms with van der Waals surface area (Å²) in [4.78, 5) is 41.0. The van der Waals surface area contributed by atoms with Gasteiger partial charge in [0.25, 0.3) is 17.7 Å². The molecule has 1 atom stereocenters. The second-order valence-corrected chi connectivity index (χ2v) is 7.84. The molecule has 150 valence electrons. The monoisotopic (exact) mass is 412 g/mol. The Morgan fingerprint density at radius 1 is 1.17 bits per heavy atom. The van der Waals surface area contributed by atoms with Crippen LogP contribution in [0.5, 0.6) is 0 Å². The number of hydrogen-bond donors (Lipinski definition) is 0. The molecule has 1 saturated heterocycles. The molecule has 0 radical (unpaired) electrons. The quantitative estimate of drug-likeness (QED) is 0.706. The van der Waals surface area contributed by atoms with Crippen LogP contribution in [0.2, 0.25) is 5.02 Å². The highest BCUT2D eigenvalue weighted by atomic mass is 35.5. The van der Waals surface area contributed by atoms with Crippen molar-refractivity contribution in [1.29, 1.82) is 0 Å². The molecule has 0 N–H and O–H groups in total. The van der Waals surface area contributed by atoms with Crippen molar-refractivity contribution in [2.45, 2.75) is 25.5 Å². The first-order chi connectivity index (χ1) is 13.9. The zero-order valence-corrected chi connectivity index (χ0v) is 16.8. The molecule has 2 heterocycles. The zero-order valence-electron chi connectivity index (χ0n) is 16.1. The zero-order chi connectivity index (χ0) is 20.5. The van der Waals surface area contributed by atoms with Crippen LogP contribution in [-0.2, 0) is 11.3 Å². The summed E-state index contributed by atoms with van der Waals surface area (Å²) in [5, 5.41) is 0.608. The van der Waals surface area contributed by atoms with E-state index in [1.165, 1.54) is 11.0 Å². The largest absolute Gasteiger partial charge is 0.376 e. The second kappa shape index (κ2) is 7.97. The molecule has 3 amide bonds. The van der Waals surface area contributed by atoms with Crippen molar-refractivity contribution in [2.24, 2.45) is 0 Å². The topological polar surface area (TPSA) is 66.9 Å². The minimum absolute atomic E-state index is 0.109. The summed E-state index contributed by atoms with van der Waals surface area (Å²) in [5.41, 5.74) is 1.88. The number of halogens is 1. The fourth-order valence-electron chi connectivity index (χ4n) is 3.78. The lowest BCUT2D eigenvalue weighted by molar-refractivity contribution is 0.0475. The van der Waals surface area contributed by atoms with Crippen LogP contribution in [0, 0.1) is 0 Å². The third-order valence-corrected chi connectivity index (χ3v) is 5.52. The van der Waals surface area contributed by atoms with Crippen molar-refractivity contribution in [3.63, 3.8) is 0 Å². The number of imide groups is 1. The number of nitrogens with zero attached hydrogens (tertiary/aromatic N) is 2. The van der Waals surface area contributed by atoms with Gasteiger partial charge in [-0.25, -0.2) is 0 Å². The van der Waals surface area contributed by atoms with E-state index < -0.39 is 0 Å². The maximum absolute atomic E-state index is 12.8. The molecule has 4 rings (SSSR count). The Labute approximate surface area is 174 Å². The van der Waals surface area contributed by atoms with Gasteiger partial charge in [-0.05, 0) is 48.7 Å². The summed E-state index contributed by atoms with van der Waals surface area (Å²) in [7, 11) is 1.69. The van der Waals surface area contributed by atoms with E-state index in [1.807, 2.05) is 12.1 Å². The van der Waals surface area contributed by atoms with Gasteiger partial charge in [0.1, 0.15) is 0 Å². The van der Waals surface area contributed by atoms with Gasteiger partial charge in [0.05, 0.1) is 23.8 Å². The van der Waals surface area contributed by atoms with Crippen LogP contribution in [0.25, 0.3) is 0 Å². The second-order valence-electron chi connectivity index (χ2n) is 7.41. The third kappa shape index (κ3) is 3.91. The molecule has 7 heteroatoms. The average Bonchev–Trinajstić information content (AvgIpc) is 3.30. The maximum atomic E-state index is 12.8. The lowest BCUT2D eigenvalue weighted by Crippen LogP contribution is -2.36. The first kappa shape index (κ1) is 19.6. The van der Waals surface area contributed by atoms with Gasteiger partial charge in [-0.15, -0.1) is 0 Å². The van der Waals surface area contributed by atoms with Crippen LogP contribution in [0.1, 0.15) is 49.5 Å². The molecule has 29 heavy (non-hydrogen) atoms. The van der Waals surface area contributed by atoms with E-state index in [9.17, 15) is 14.4 Å². The molecule has 1 fully saturated rings. The predicted molar refractivity (Wildman–Crippen MR) is 108 cm³/mol. The Hall–Kier alpha value is -2.70. The summed E-state index contributed by atoms with van der Waals surface area (Å²) in [6, 6.07) is 12.0. The molecule has 2 aromatic carbocycles. The summed E-state index contributed by atoms with van der Waals surface area (Å²) < 4.78 is 5.55. The molecule has 2 aliphatic heterocycles. The number of rotatable bonds is 5. The summed E-state index contributed by atoms with van der Waals surface area (Å²) in [6.07, 6.45) is 1.67. The van der Waals surface area contributed by atoms with Crippen molar-refractivity contribution in [3.05, 3.63) is 69.7 Å². The molecule has 6 nitrogen and oxygen atoms in total. The standard InChI is InChI=1S/C22H21ClN2O4/c1-24(12-14-4-2-5-16(23)10-14)20(26)15-7-8-18-19(11-15)22(28)25(21(18)27)13-17-6-3-9-29-17/h2,4-5,7-8,10-11,17H,3,6,9,12-13H2,1H3/t17-/m1/s1.